The summed E-state index contributed by atoms with van der Waals surface area (Å²) in [7, 11) is 0. The molecule has 1 N–H and O–H groups in total. The van der Waals surface area contributed by atoms with E-state index in [2.05, 4.69) is 25.9 Å². The molecule has 0 bridgehead atoms. The molecule has 0 aliphatic rings. The molecule has 0 saturated carbocycles. The average molecular weight is 309 g/mol. The minimum absolute atomic E-state index is 0.215. The second kappa shape index (κ2) is 4.17. The lowest BCUT2D eigenvalue weighted by Crippen LogP contribution is -1.87. The zero-order valence-corrected chi connectivity index (χ0v) is 10.6. The fourth-order valence-electron chi connectivity index (χ4n) is 1.81. The number of fused-ring (bicyclic) bond motifs is 1. The maximum Gasteiger partial charge on any atom is 0.151 e. The van der Waals surface area contributed by atoms with Gasteiger partial charge in [0, 0.05) is 0 Å². The van der Waals surface area contributed by atoms with E-state index in [1.165, 1.54) is 6.07 Å². The van der Waals surface area contributed by atoms with E-state index in [0.29, 0.717) is 21.4 Å². The number of halogens is 3. The lowest BCUT2D eigenvalue weighted by molar-refractivity contribution is 0.623. The first-order valence-electron chi connectivity index (χ1n) is 5.25. The lowest BCUT2D eigenvalue weighted by Gasteiger charge is -2.00. The van der Waals surface area contributed by atoms with Crippen molar-refractivity contribution < 1.29 is 8.78 Å². The Kier molecular flexibility index (Phi) is 2.63. The summed E-state index contributed by atoms with van der Waals surface area (Å²) in [6.07, 6.45) is 0. The Morgan fingerprint density at radius 3 is 2.61 bits per heavy atom. The molecule has 0 saturated heterocycles. The van der Waals surface area contributed by atoms with Crippen LogP contribution in [0.1, 0.15) is 0 Å². The number of aromatic amines is 1. The SMILES string of the molecule is Fc1c(Br)cccc1-c1nc2c(F)cccc2[nH]1. The summed E-state index contributed by atoms with van der Waals surface area (Å²) >= 11 is 3.11. The fourth-order valence-corrected chi connectivity index (χ4v) is 2.18. The van der Waals surface area contributed by atoms with Gasteiger partial charge in [-0.3, -0.25) is 0 Å². The monoisotopic (exact) mass is 308 g/mol. The van der Waals surface area contributed by atoms with Gasteiger partial charge < -0.3 is 4.98 Å². The van der Waals surface area contributed by atoms with Crippen LogP contribution in [-0.2, 0) is 0 Å². The topological polar surface area (TPSA) is 28.7 Å². The molecule has 0 aliphatic heterocycles. The van der Waals surface area contributed by atoms with Crippen molar-refractivity contribution in [2.45, 2.75) is 0 Å². The number of nitrogens with one attached hydrogen (secondary N) is 1. The summed E-state index contributed by atoms with van der Waals surface area (Å²) in [6, 6.07) is 9.50. The van der Waals surface area contributed by atoms with Crippen LogP contribution in [0.2, 0.25) is 0 Å². The summed E-state index contributed by atoms with van der Waals surface area (Å²) in [5, 5.41) is 0. The summed E-state index contributed by atoms with van der Waals surface area (Å²) in [4.78, 5) is 7.00. The highest BCUT2D eigenvalue weighted by Crippen LogP contribution is 2.28. The van der Waals surface area contributed by atoms with E-state index in [9.17, 15) is 8.78 Å². The maximum atomic E-state index is 13.9. The lowest BCUT2D eigenvalue weighted by atomic mass is 10.2. The van der Waals surface area contributed by atoms with Gasteiger partial charge in [-0.15, -0.1) is 0 Å². The molecule has 2 nitrogen and oxygen atoms in total. The highest BCUT2D eigenvalue weighted by molar-refractivity contribution is 9.10. The second-order valence-electron chi connectivity index (χ2n) is 3.82. The van der Waals surface area contributed by atoms with Crippen molar-refractivity contribution in [3.63, 3.8) is 0 Å². The van der Waals surface area contributed by atoms with Crippen molar-refractivity contribution in [3.8, 4) is 11.4 Å². The Balaban J connectivity index is 2.26. The van der Waals surface area contributed by atoms with E-state index in [0.717, 1.165) is 0 Å². The number of benzene rings is 2. The third-order valence-electron chi connectivity index (χ3n) is 2.67. The van der Waals surface area contributed by atoms with E-state index in [-0.39, 0.29) is 5.52 Å². The van der Waals surface area contributed by atoms with Crippen molar-refractivity contribution in [1.29, 1.82) is 0 Å². The third-order valence-corrected chi connectivity index (χ3v) is 3.28. The van der Waals surface area contributed by atoms with Gasteiger partial charge in [0.05, 0.1) is 15.6 Å². The average Bonchev–Trinajstić information content (AvgIpc) is 2.78. The van der Waals surface area contributed by atoms with Crippen LogP contribution in [0.25, 0.3) is 22.4 Å². The number of rotatable bonds is 1. The van der Waals surface area contributed by atoms with E-state index < -0.39 is 11.6 Å². The molecule has 0 atom stereocenters. The standard InChI is InChI=1S/C13H7BrF2N2/c14-8-4-1-3-7(11(8)16)13-17-10-6-2-5-9(15)12(10)18-13/h1-6H,(H,17,18). The minimum Gasteiger partial charge on any atom is -0.338 e. The zero-order chi connectivity index (χ0) is 12.7. The number of para-hydroxylation sites is 1. The summed E-state index contributed by atoms with van der Waals surface area (Å²) < 4.78 is 27.8. The quantitative estimate of drug-likeness (QED) is 0.714. The van der Waals surface area contributed by atoms with Gasteiger partial charge in [0.2, 0.25) is 0 Å². The predicted molar refractivity (Wildman–Crippen MR) is 69.1 cm³/mol. The van der Waals surface area contributed by atoms with Crippen molar-refractivity contribution in [2.75, 3.05) is 0 Å². The largest absolute Gasteiger partial charge is 0.338 e. The first-order chi connectivity index (χ1) is 8.66. The molecule has 0 spiro atoms. The fraction of sp³-hybridized carbons (Fsp3) is 0. The van der Waals surface area contributed by atoms with Crippen LogP contribution in [0.3, 0.4) is 0 Å². The number of nitrogens with zero attached hydrogens (tertiary/aromatic N) is 1. The minimum atomic E-state index is -0.426. The Labute approximate surface area is 110 Å². The van der Waals surface area contributed by atoms with Gasteiger partial charge in [0.1, 0.15) is 17.2 Å². The van der Waals surface area contributed by atoms with Gasteiger partial charge in [-0.25, -0.2) is 13.8 Å². The Morgan fingerprint density at radius 1 is 1.06 bits per heavy atom. The molecule has 0 aliphatic carbocycles. The van der Waals surface area contributed by atoms with Gasteiger partial charge in [-0.05, 0) is 40.2 Å². The highest BCUT2D eigenvalue weighted by Gasteiger charge is 2.13. The number of imidazole rings is 1. The van der Waals surface area contributed by atoms with Gasteiger partial charge in [0.15, 0.2) is 5.82 Å². The molecule has 0 fully saturated rings. The first-order valence-corrected chi connectivity index (χ1v) is 6.05. The molecular weight excluding hydrogens is 302 g/mol. The Hall–Kier alpha value is -1.75. The van der Waals surface area contributed by atoms with Gasteiger partial charge in [-0.2, -0.15) is 0 Å². The van der Waals surface area contributed by atoms with Gasteiger partial charge >= 0.3 is 0 Å². The Morgan fingerprint density at radius 2 is 1.83 bits per heavy atom. The maximum absolute atomic E-state index is 13.9. The molecule has 0 radical (unpaired) electrons. The van der Waals surface area contributed by atoms with Crippen LogP contribution in [0, 0.1) is 11.6 Å². The number of H-pyrrole nitrogens is 1. The van der Waals surface area contributed by atoms with E-state index in [4.69, 9.17) is 0 Å². The molecule has 2 aromatic carbocycles. The zero-order valence-electron chi connectivity index (χ0n) is 9.05. The van der Waals surface area contributed by atoms with Gasteiger partial charge in [-0.1, -0.05) is 12.1 Å². The molecule has 1 heterocycles. The molecule has 90 valence electrons. The molecule has 5 heteroatoms. The van der Waals surface area contributed by atoms with E-state index >= 15 is 0 Å². The normalized spacial score (nSPS) is 11.1. The molecule has 0 unspecified atom stereocenters. The van der Waals surface area contributed by atoms with Crippen LogP contribution < -0.4 is 0 Å². The van der Waals surface area contributed by atoms with E-state index in [1.54, 1.807) is 30.3 Å². The number of aromatic nitrogens is 2. The van der Waals surface area contributed by atoms with Crippen LogP contribution in [-0.4, -0.2) is 9.97 Å². The smallest absolute Gasteiger partial charge is 0.151 e. The van der Waals surface area contributed by atoms with Crippen molar-refractivity contribution >= 4 is 27.0 Å². The Bertz CT molecular complexity index is 737. The molecule has 3 rings (SSSR count). The number of hydrogen-bond acceptors (Lipinski definition) is 1. The third kappa shape index (κ3) is 1.71. The van der Waals surface area contributed by atoms with E-state index in [1.807, 2.05) is 0 Å². The molecular formula is C13H7BrF2N2. The van der Waals surface area contributed by atoms with Crippen molar-refractivity contribution in [1.82, 2.24) is 9.97 Å². The molecule has 3 aromatic rings. The second-order valence-corrected chi connectivity index (χ2v) is 4.68. The van der Waals surface area contributed by atoms with Crippen LogP contribution in [0.4, 0.5) is 8.78 Å². The highest BCUT2D eigenvalue weighted by atomic mass is 79.9. The number of hydrogen-bond donors (Lipinski definition) is 1. The van der Waals surface area contributed by atoms with Crippen LogP contribution in [0.5, 0.6) is 0 Å². The first kappa shape index (κ1) is 11.3. The molecule has 0 amide bonds. The molecule has 18 heavy (non-hydrogen) atoms. The predicted octanol–water partition coefficient (Wildman–Crippen LogP) is 4.27. The molecule has 1 aromatic heterocycles. The summed E-state index contributed by atoms with van der Waals surface area (Å²) in [6.45, 7) is 0. The van der Waals surface area contributed by atoms with Crippen molar-refractivity contribution in [3.05, 3.63) is 52.5 Å². The van der Waals surface area contributed by atoms with Crippen LogP contribution in [0.15, 0.2) is 40.9 Å². The summed E-state index contributed by atoms with van der Waals surface area (Å²) in [5.41, 5.74) is 1.07. The van der Waals surface area contributed by atoms with Gasteiger partial charge in [0.25, 0.3) is 0 Å². The summed E-state index contributed by atoms with van der Waals surface area (Å²) in [5.74, 6) is -0.531. The van der Waals surface area contributed by atoms with Crippen LogP contribution >= 0.6 is 15.9 Å². The van der Waals surface area contributed by atoms with Crippen molar-refractivity contribution in [2.24, 2.45) is 0 Å².